The minimum absolute atomic E-state index is 0.381. The fourth-order valence-electron chi connectivity index (χ4n) is 9.59. The van der Waals surface area contributed by atoms with E-state index in [1.165, 1.54) is 68.6 Å². The van der Waals surface area contributed by atoms with Crippen LogP contribution in [0.2, 0.25) is 0 Å². The van der Waals surface area contributed by atoms with Gasteiger partial charge in [-0.3, -0.25) is 4.98 Å². The maximum atomic E-state index is 4.40. The van der Waals surface area contributed by atoms with Crippen LogP contribution in [0.15, 0.2) is 60.0 Å². The average Bonchev–Trinajstić information content (AvgIpc) is 3.33. The summed E-state index contributed by atoms with van der Waals surface area (Å²) in [4.78, 5) is 6.91. The highest BCUT2D eigenvalue weighted by atomic mass is 15.1. The van der Waals surface area contributed by atoms with Crippen LogP contribution in [-0.4, -0.2) is 30.0 Å². The van der Waals surface area contributed by atoms with Gasteiger partial charge in [-0.15, -0.1) is 0 Å². The van der Waals surface area contributed by atoms with Crippen molar-refractivity contribution in [3.8, 4) is 0 Å². The molecule has 2 heteroatoms. The Balaban J connectivity index is 1.28. The summed E-state index contributed by atoms with van der Waals surface area (Å²) in [6.45, 7) is 2.65. The van der Waals surface area contributed by atoms with Crippen LogP contribution in [0.5, 0.6) is 0 Å². The molecule has 5 aliphatic carbocycles. The number of fused-ring (bicyclic) bond motifs is 2. The van der Waals surface area contributed by atoms with Gasteiger partial charge in [0.1, 0.15) is 0 Å². The van der Waals surface area contributed by atoms with Crippen LogP contribution >= 0.6 is 0 Å². The number of aromatic nitrogens is 1. The van der Waals surface area contributed by atoms with Gasteiger partial charge >= 0.3 is 0 Å². The van der Waals surface area contributed by atoms with E-state index in [4.69, 9.17) is 0 Å². The Bertz CT molecular complexity index is 1190. The number of nitrogens with zero attached hydrogens (tertiary/aromatic N) is 2. The second-order valence-electron chi connectivity index (χ2n) is 12.7. The Labute approximate surface area is 199 Å². The second kappa shape index (κ2) is 6.81. The molecule has 0 unspecified atom stereocenters. The SMILES string of the molecule is CN(C)[C@@H]1CCC2=CC3=CC[C@]4(C)[C@@H](c5ccc6ccncc6c5)CC[C@H]4[C@@]34CC[C@]2(C1)C4. The molecule has 6 atom stereocenters. The molecule has 172 valence electrons. The second-order valence-corrected chi connectivity index (χ2v) is 12.7. The van der Waals surface area contributed by atoms with Crippen LogP contribution in [0.1, 0.15) is 76.2 Å². The highest BCUT2D eigenvalue weighted by Gasteiger charge is 2.65. The molecule has 1 heterocycles. The van der Waals surface area contributed by atoms with E-state index in [0.29, 0.717) is 22.2 Å². The smallest absolute Gasteiger partial charge is 0.0346 e. The molecule has 1 aromatic carbocycles. The fourth-order valence-corrected chi connectivity index (χ4v) is 9.59. The molecule has 3 fully saturated rings. The zero-order chi connectivity index (χ0) is 22.4. The summed E-state index contributed by atoms with van der Waals surface area (Å²) in [5.41, 5.74) is 6.44. The van der Waals surface area contributed by atoms with Crippen molar-refractivity contribution in [1.29, 1.82) is 0 Å². The van der Waals surface area contributed by atoms with Gasteiger partial charge in [-0.25, -0.2) is 0 Å². The van der Waals surface area contributed by atoms with Crippen molar-refractivity contribution in [1.82, 2.24) is 9.88 Å². The maximum absolute atomic E-state index is 4.40. The van der Waals surface area contributed by atoms with E-state index in [-0.39, 0.29) is 0 Å². The highest BCUT2D eigenvalue weighted by Crippen LogP contribution is 2.75. The van der Waals surface area contributed by atoms with Gasteiger partial charge in [0.15, 0.2) is 0 Å². The zero-order valence-electron chi connectivity index (χ0n) is 20.6. The van der Waals surface area contributed by atoms with Crippen molar-refractivity contribution >= 4 is 10.8 Å². The lowest BCUT2D eigenvalue weighted by Gasteiger charge is -2.55. The maximum Gasteiger partial charge on any atom is 0.0346 e. The van der Waals surface area contributed by atoms with E-state index in [9.17, 15) is 0 Å². The molecule has 0 aliphatic heterocycles. The van der Waals surface area contributed by atoms with Crippen molar-refractivity contribution in [2.45, 2.75) is 76.7 Å². The largest absolute Gasteiger partial charge is 0.306 e. The molecule has 0 radical (unpaired) electrons. The zero-order valence-corrected chi connectivity index (χ0v) is 20.6. The van der Waals surface area contributed by atoms with E-state index < -0.39 is 0 Å². The summed E-state index contributed by atoms with van der Waals surface area (Å²) >= 11 is 0. The van der Waals surface area contributed by atoms with Gasteiger partial charge in [-0.05, 0) is 129 Å². The lowest BCUT2D eigenvalue weighted by Crippen LogP contribution is -2.47. The van der Waals surface area contributed by atoms with Crippen molar-refractivity contribution in [2.24, 2.45) is 22.2 Å². The summed E-state index contributed by atoms with van der Waals surface area (Å²) in [5.74, 6) is 1.50. The predicted molar refractivity (Wildman–Crippen MR) is 136 cm³/mol. The van der Waals surface area contributed by atoms with E-state index in [0.717, 1.165) is 12.0 Å². The summed E-state index contributed by atoms with van der Waals surface area (Å²) in [6, 6.07) is 10.1. The number of pyridine rings is 1. The molecule has 33 heavy (non-hydrogen) atoms. The molecule has 2 bridgehead atoms. The van der Waals surface area contributed by atoms with Crippen LogP contribution in [0.3, 0.4) is 0 Å². The van der Waals surface area contributed by atoms with Crippen LogP contribution in [0.25, 0.3) is 10.8 Å². The quantitative estimate of drug-likeness (QED) is 0.490. The predicted octanol–water partition coefficient (Wildman–Crippen LogP) is 7.28. The molecule has 1 aromatic heterocycles. The molecule has 5 aliphatic rings. The third kappa shape index (κ3) is 2.68. The Kier molecular flexibility index (Phi) is 4.22. The first kappa shape index (κ1) is 20.4. The van der Waals surface area contributed by atoms with Crippen LogP contribution < -0.4 is 0 Å². The van der Waals surface area contributed by atoms with Crippen molar-refractivity contribution in [3.63, 3.8) is 0 Å². The normalized spacial score (nSPS) is 41.4. The van der Waals surface area contributed by atoms with Gasteiger partial charge < -0.3 is 4.90 Å². The molecule has 2 aromatic rings. The third-order valence-corrected chi connectivity index (χ3v) is 11.2. The van der Waals surface area contributed by atoms with Gasteiger partial charge in [0.05, 0.1) is 0 Å². The molecular weight excluding hydrogens is 400 g/mol. The number of benzene rings is 1. The first-order chi connectivity index (χ1) is 15.9. The van der Waals surface area contributed by atoms with E-state index in [1.54, 1.807) is 11.1 Å². The van der Waals surface area contributed by atoms with Gasteiger partial charge in [-0.1, -0.05) is 36.8 Å². The van der Waals surface area contributed by atoms with E-state index in [1.807, 2.05) is 18.0 Å². The van der Waals surface area contributed by atoms with Gasteiger partial charge in [0.25, 0.3) is 0 Å². The van der Waals surface area contributed by atoms with E-state index >= 15 is 0 Å². The molecular formula is C31H38N2. The minimum atomic E-state index is 0.381. The Morgan fingerprint density at radius 3 is 2.82 bits per heavy atom. The van der Waals surface area contributed by atoms with Crippen LogP contribution in [0.4, 0.5) is 0 Å². The number of hydrogen-bond acceptors (Lipinski definition) is 2. The fraction of sp³-hybridized carbons (Fsp3) is 0.581. The van der Waals surface area contributed by atoms with Crippen molar-refractivity contribution in [2.75, 3.05) is 14.1 Å². The van der Waals surface area contributed by atoms with Crippen LogP contribution in [0, 0.1) is 22.2 Å². The lowest BCUT2D eigenvalue weighted by molar-refractivity contribution is 0.0501. The minimum Gasteiger partial charge on any atom is -0.306 e. The Morgan fingerprint density at radius 1 is 1.03 bits per heavy atom. The first-order valence-corrected chi connectivity index (χ1v) is 13.4. The van der Waals surface area contributed by atoms with Crippen molar-refractivity contribution in [3.05, 3.63) is 65.5 Å². The average molecular weight is 439 g/mol. The number of hydrogen-bond donors (Lipinski definition) is 0. The molecule has 0 saturated heterocycles. The summed E-state index contributed by atoms with van der Waals surface area (Å²) in [5, 5.41) is 2.61. The molecule has 0 amide bonds. The van der Waals surface area contributed by atoms with Gasteiger partial charge in [0, 0.05) is 23.8 Å². The van der Waals surface area contributed by atoms with Gasteiger partial charge in [-0.2, -0.15) is 0 Å². The first-order valence-electron chi connectivity index (χ1n) is 13.4. The molecule has 0 N–H and O–H groups in total. The number of allylic oxidation sites excluding steroid dienone is 4. The molecule has 2 spiro atoms. The van der Waals surface area contributed by atoms with Crippen LogP contribution in [-0.2, 0) is 0 Å². The molecule has 2 nitrogen and oxygen atoms in total. The summed E-state index contributed by atoms with van der Waals surface area (Å²) in [7, 11) is 4.60. The number of rotatable bonds is 2. The van der Waals surface area contributed by atoms with E-state index in [2.05, 4.69) is 67.3 Å². The standard InChI is InChI=1S/C31H38N2/c1-29-12-10-25-17-24-6-7-26(33(2)3)18-30(24)13-14-31(25,20-30)28(29)9-8-27(29)22-5-4-21-11-15-32-19-23(21)16-22/h4-5,10-11,15-17,19,26-28H,6-9,12-14,18,20H2,1-3H3/t26-,27-,28-,29-,30+,31-/m1/s1. The van der Waals surface area contributed by atoms with Gasteiger partial charge in [0.2, 0.25) is 0 Å². The topological polar surface area (TPSA) is 16.1 Å². The van der Waals surface area contributed by atoms with Crippen molar-refractivity contribution < 1.29 is 0 Å². The lowest BCUT2D eigenvalue weighted by atomic mass is 9.50. The summed E-state index contributed by atoms with van der Waals surface area (Å²) in [6.07, 6.45) is 21.8. The molecule has 3 saturated carbocycles. The third-order valence-electron chi connectivity index (χ3n) is 11.2. The Morgan fingerprint density at radius 2 is 1.94 bits per heavy atom. The summed E-state index contributed by atoms with van der Waals surface area (Å²) < 4.78 is 0. The Hall–Kier alpha value is -1.93. The monoisotopic (exact) mass is 438 g/mol. The highest BCUT2D eigenvalue weighted by molar-refractivity contribution is 5.82. The molecule has 7 rings (SSSR count).